The Hall–Kier alpha value is -2.11. The second kappa shape index (κ2) is 5.44. The fourth-order valence-corrected chi connectivity index (χ4v) is 3.34. The number of aromatic nitrogens is 4. The monoisotopic (exact) mass is 370 g/mol. The number of hydrogen-bond acceptors (Lipinski definition) is 8. The first-order valence-corrected chi connectivity index (χ1v) is 8.26. The Labute approximate surface area is 147 Å². The highest BCUT2D eigenvalue weighted by Gasteiger charge is 2.64. The van der Waals surface area contributed by atoms with Crippen molar-refractivity contribution in [1.29, 1.82) is 0 Å². The lowest BCUT2D eigenvalue weighted by Gasteiger charge is -2.24. The molecule has 26 heavy (non-hydrogen) atoms. The Balaban J connectivity index is 1.83. The van der Waals surface area contributed by atoms with Crippen LogP contribution in [0.4, 0.5) is 20.5 Å². The molecule has 4 atom stereocenters. The summed E-state index contributed by atoms with van der Waals surface area (Å²) in [5, 5.41) is 19.1. The minimum Gasteiger partial charge on any atom is -0.390 e. The topological polar surface area (TPSA) is 123 Å². The van der Waals surface area contributed by atoms with Crippen LogP contribution < -0.4 is 10.6 Å². The van der Waals surface area contributed by atoms with Gasteiger partial charge in [-0.15, -0.1) is 0 Å². The van der Waals surface area contributed by atoms with Crippen LogP contribution in [0.15, 0.2) is 6.33 Å². The summed E-state index contributed by atoms with van der Waals surface area (Å²) in [5.74, 6) is -2.49. The Kier molecular flexibility index (Phi) is 3.62. The number of halogens is 2. The predicted molar refractivity (Wildman–Crippen MR) is 87.7 cm³/mol. The van der Waals surface area contributed by atoms with Crippen molar-refractivity contribution in [3.05, 3.63) is 6.33 Å². The van der Waals surface area contributed by atoms with Crippen LogP contribution >= 0.6 is 0 Å². The molecule has 9 nitrogen and oxygen atoms in total. The van der Waals surface area contributed by atoms with Gasteiger partial charge in [-0.05, 0) is 19.8 Å². The molecule has 11 heteroatoms. The van der Waals surface area contributed by atoms with Gasteiger partial charge in [-0.25, -0.2) is 13.8 Å². The van der Waals surface area contributed by atoms with Crippen LogP contribution in [0.2, 0.25) is 0 Å². The van der Waals surface area contributed by atoms with Gasteiger partial charge in [0.15, 0.2) is 35.0 Å². The first-order valence-electron chi connectivity index (χ1n) is 8.26. The van der Waals surface area contributed by atoms with Crippen LogP contribution in [0.25, 0.3) is 11.2 Å². The molecule has 2 aliphatic rings. The molecule has 142 valence electrons. The number of alkyl halides is 2. The first-order chi connectivity index (χ1) is 12.2. The van der Waals surface area contributed by atoms with Gasteiger partial charge in [0, 0.05) is 13.1 Å². The number of nitrogens with two attached hydrogens (primary N) is 1. The smallest absolute Gasteiger partial charge is 0.263 e. The standard InChI is InChI=1S/C15H20F2N6O3/c1-14(16)11(25)15(17,5-24)26-12(14)23-6-19-8-9(22(2)7-3-4-7)20-13(18)21-10(8)23/h6-7,11-12,24-25H,3-5H2,1-2H3,(H2,18,20,21)/t11-,12+,14+,15+/m0/s1. The van der Waals surface area contributed by atoms with Gasteiger partial charge in [0.05, 0.1) is 6.33 Å². The van der Waals surface area contributed by atoms with Crippen molar-refractivity contribution >= 4 is 22.9 Å². The number of aliphatic hydroxyl groups is 2. The van der Waals surface area contributed by atoms with Gasteiger partial charge in [0.1, 0.15) is 6.61 Å². The summed E-state index contributed by atoms with van der Waals surface area (Å²) in [6.45, 7) is -0.198. The highest BCUT2D eigenvalue weighted by molar-refractivity contribution is 5.85. The van der Waals surface area contributed by atoms with Crippen LogP contribution in [0.1, 0.15) is 26.0 Å². The molecule has 0 radical (unpaired) electrons. The van der Waals surface area contributed by atoms with Gasteiger partial charge in [-0.3, -0.25) is 4.57 Å². The Morgan fingerprint density at radius 1 is 1.42 bits per heavy atom. The minimum absolute atomic E-state index is 0.0467. The Bertz CT molecular complexity index is 857. The van der Waals surface area contributed by atoms with E-state index in [1.165, 1.54) is 6.33 Å². The van der Waals surface area contributed by atoms with Crippen LogP contribution in [-0.4, -0.2) is 67.1 Å². The Morgan fingerprint density at radius 2 is 2.12 bits per heavy atom. The SMILES string of the molecule is CN(c1nc(N)nc2c1ncn2[C@@H]1O[C@](F)(CO)[C@@H](O)[C@@]1(C)F)C1CC1. The average Bonchev–Trinajstić information content (AvgIpc) is 3.34. The van der Waals surface area contributed by atoms with E-state index in [1.807, 2.05) is 11.9 Å². The average molecular weight is 370 g/mol. The van der Waals surface area contributed by atoms with Crippen molar-refractivity contribution in [2.24, 2.45) is 0 Å². The molecule has 4 rings (SSSR count). The molecule has 1 saturated heterocycles. The molecule has 0 spiro atoms. The van der Waals surface area contributed by atoms with Crippen LogP contribution in [0.5, 0.6) is 0 Å². The highest BCUT2D eigenvalue weighted by atomic mass is 19.2. The zero-order valence-corrected chi connectivity index (χ0v) is 14.3. The van der Waals surface area contributed by atoms with Crippen molar-refractivity contribution in [2.45, 2.75) is 49.7 Å². The molecule has 3 heterocycles. The summed E-state index contributed by atoms with van der Waals surface area (Å²) in [5.41, 5.74) is 3.78. The zero-order chi connectivity index (χ0) is 18.9. The fraction of sp³-hybridized carbons (Fsp3) is 0.667. The van der Waals surface area contributed by atoms with Crippen LogP contribution in [0, 0.1) is 0 Å². The number of imidazole rings is 1. The summed E-state index contributed by atoms with van der Waals surface area (Å²) < 4.78 is 35.8. The van der Waals surface area contributed by atoms with Gasteiger partial charge >= 0.3 is 0 Å². The van der Waals surface area contributed by atoms with Crippen molar-refractivity contribution in [3.63, 3.8) is 0 Å². The third-order valence-corrected chi connectivity index (χ3v) is 5.05. The number of aliphatic hydroxyl groups excluding tert-OH is 2. The second-order valence-corrected chi connectivity index (χ2v) is 7.04. The molecular formula is C15H20F2N6O3. The molecular weight excluding hydrogens is 350 g/mol. The summed E-state index contributed by atoms with van der Waals surface area (Å²) in [6, 6.07) is 0.321. The van der Waals surface area contributed by atoms with E-state index >= 15 is 4.39 Å². The first kappa shape index (κ1) is 17.3. The highest BCUT2D eigenvalue weighted by Crippen LogP contribution is 2.48. The predicted octanol–water partition coefficient (Wildman–Crippen LogP) is 0.283. The molecule has 1 aliphatic heterocycles. The lowest BCUT2D eigenvalue weighted by Crippen LogP contribution is -2.46. The lowest BCUT2D eigenvalue weighted by molar-refractivity contribution is -0.206. The summed E-state index contributed by atoms with van der Waals surface area (Å²) >= 11 is 0. The van der Waals surface area contributed by atoms with E-state index in [0.717, 1.165) is 24.3 Å². The van der Waals surface area contributed by atoms with Gasteiger partial charge in [0.2, 0.25) is 5.95 Å². The van der Waals surface area contributed by atoms with E-state index in [0.29, 0.717) is 17.4 Å². The van der Waals surface area contributed by atoms with E-state index in [-0.39, 0.29) is 11.6 Å². The zero-order valence-electron chi connectivity index (χ0n) is 14.3. The number of fused-ring (bicyclic) bond motifs is 1. The van der Waals surface area contributed by atoms with Gasteiger partial charge in [0.25, 0.3) is 5.85 Å². The normalized spacial score (nSPS) is 34.5. The van der Waals surface area contributed by atoms with Crippen molar-refractivity contribution in [2.75, 3.05) is 24.3 Å². The number of ether oxygens (including phenoxy) is 1. The number of rotatable bonds is 4. The number of nitrogens with zero attached hydrogens (tertiary/aromatic N) is 5. The molecule has 2 aromatic heterocycles. The third-order valence-electron chi connectivity index (χ3n) is 5.05. The molecule has 0 unspecified atom stereocenters. The van der Waals surface area contributed by atoms with Crippen molar-refractivity contribution in [3.8, 4) is 0 Å². The number of nitrogen functional groups attached to an aromatic ring is 1. The van der Waals surface area contributed by atoms with Gasteiger partial charge in [-0.2, -0.15) is 9.97 Å². The quantitative estimate of drug-likeness (QED) is 0.702. The maximum atomic E-state index is 15.1. The third kappa shape index (κ3) is 2.34. The summed E-state index contributed by atoms with van der Waals surface area (Å²) in [4.78, 5) is 14.5. The van der Waals surface area contributed by atoms with Crippen LogP contribution in [0.3, 0.4) is 0 Å². The lowest BCUT2D eigenvalue weighted by atomic mass is 9.97. The molecule has 1 aliphatic carbocycles. The molecule has 1 saturated carbocycles. The van der Waals surface area contributed by atoms with Gasteiger partial charge in [-0.1, -0.05) is 0 Å². The number of anilines is 2. The van der Waals surface area contributed by atoms with Crippen LogP contribution in [-0.2, 0) is 4.74 Å². The summed E-state index contributed by atoms with van der Waals surface area (Å²) in [7, 11) is 1.85. The maximum absolute atomic E-state index is 15.1. The second-order valence-electron chi connectivity index (χ2n) is 7.04. The molecule has 0 aromatic carbocycles. The van der Waals surface area contributed by atoms with Crippen molar-refractivity contribution < 1.29 is 23.7 Å². The molecule has 0 bridgehead atoms. The minimum atomic E-state index is -2.93. The fourth-order valence-electron chi connectivity index (χ4n) is 3.34. The van der Waals surface area contributed by atoms with E-state index in [4.69, 9.17) is 10.5 Å². The van der Waals surface area contributed by atoms with E-state index in [2.05, 4.69) is 15.0 Å². The molecule has 4 N–H and O–H groups in total. The van der Waals surface area contributed by atoms with E-state index < -0.39 is 30.5 Å². The Morgan fingerprint density at radius 3 is 2.69 bits per heavy atom. The largest absolute Gasteiger partial charge is 0.390 e. The van der Waals surface area contributed by atoms with E-state index in [9.17, 15) is 14.6 Å². The van der Waals surface area contributed by atoms with E-state index in [1.54, 1.807) is 0 Å². The molecule has 0 amide bonds. The molecule has 2 fully saturated rings. The number of hydrogen-bond donors (Lipinski definition) is 3. The van der Waals surface area contributed by atoms with Gasteiger partial charge < -0.3 is 25.6 Å². The molecule has 2 aromatic rings. The van der Waals surface area contributed by atoms with Crippen molar-refractivity contribution in [1.82, 2.24) is 19.5 Å². The summed E-state index contributed by atoms with van der Waals surface area (Å²) in [6.07, 6.45) is -0.502. The maximum Gasteiger partial charge on any atom is 0.263 e.